The van der Waals surface area contributed by atoms with Gasteiger partial charge in [0.25, 0.3) is 5.56 Å². The monoisotopic (exact) mass is 382 g/mol. The zero-order valence-electron chi connectivity index (χ0n) is 16.2. The van der Waals surface area contributed by atoms with Gasteiger partial charge in [0.2, 0.25) is 0 Å². The minimum Gasteiger partial charge on any atom is -0.462 e. The van der Waals surface area contributed by atoms with Crippen molar-refractivity contribution >= 4 is 17.5 Å². The molecule has 0 aliphatic carbocycles. The summed E-state index contributed by atoms with van der Waals surface area (Å²) >= 11 is 0. The molecule has 0 fully saturated rings. The van der Waals surface area contributed by atoms with Crippen molar-refractivity contribution in [3.63, 3.8) is 0 Å². The largest absolute Gasteiger partial charge is 0.462 e. The first-order valence-electron chi connectivity index (χ1n) is 8.86. The van der Waals surface area contributed by atoms with Gasteiger partial charge < -0.3 is 4.74 Å². The van der Waals surface area contributed by atoms with Gasteiger partial charge in [-0.3, -0.25) is 15.0 Å². The summed E-state index contributed by atoms with van der Waals surface area (Å²) in [6, 6.07) is 9.20. The van der Waals surface area contributed by atoms with Gasteiger partial charge in [-0.05, 0) is 19.1 Å². The van der Waals surface area contributed by atoms with Crippen LogP contribution in [0.4, 0.5) is 11.5 Å². The predicted octanol–water partition coefficient (Wildman–Crippen LogP) is 3.78. The van der Waals surface area contributed by atoms with Crippen molar-refractivity contribution in [2.75, 3.05) is 6.61 Å². The number of aromatic amines is 2. The first-order chi connectivity index (χ1) is 13.3. The van der Waals surface area contributed by atoms with E-state index < -0.39 is 5.97 Å². The number of ether oxygens (including phenoxy) is 1. The molecule has 0 spiro atoms. The van der Waals surface area contributed by atoms with Crippen LogP contribution in [-0.4, -0.2) is 32.6 Å². The van der Waals surface area contributed by atoms with E-state index in [0.717, 1.165) is 0 Å². The topological polar surface area (TPSA) is 117 Å². The highest BCUT2D eigenvalue weighted by molar-refractivity contribution is 5.93. The fourth-order valence-electron chi connectivity index (χ4n) is 2.62. The number of carbonyl (C=O) groups is 1. The van der Waals surface area contributed by atoms with Crippen LogP contribution in [0.25, 0.3) is 5.69 Å². The van der Waals surface area contributed by atoms with Gasteiger partial charge in [0.1, 0.15) is 5.56 Å². The molecule has 3 rings (SSSR count). The molecular formula is C19H22N6O3. The van der Waals surface area contributed by atoms with Crippen molar-refractivity contribution in [2.45, 2.75) is 33.1 Å². The molecule has 2 heterocycles. The van der Waals surface area contributed by atoms with Crippen molar-refractivity contribution in [1.29, 1.82) is 0 Å². The Morgan fingerprint density at radius 1 is 1.21 bits per heavy atom. The Morgan fingerprint density at radius 3 is 2.57 bits per heavy atom. The molecule has 0 aliphatic heterocycles. The molecule has 1 aromatic carbocycles. The molecule has 0 bridgehead atoms. The Kier molecular flexibility index (Phi) is 5.25. The molecule has 0 atom stereocenters. The molecule has 0 radical (unpaired) electrons. The Balaban J connectivity index is 2.06. The highest BCUT2D eigenvalue weighted by Crippen LogP contribution is 2.29. The maximum absolute atomic E-state index is 13.0. The minimum absolute atomic E-state index is 0.130. The van der Waals surface area contributed by atoms with Gasteiger partial charge in [-0.2, -0.15) is 5.10 Å². The fourth-order valence-corrected chi connectivity index (χ4v) is 2.62. The number of nitrogens with zero attached hydrogens (tertiary/aromatic N) is 4. The fraction of sp³-hybridized carbons (Fsp3) is 0.316. The second-order valence-electron chi connectivity index (χ2n) is 7.11. The average Bonchev–Trinajstić information content (AvgIpc) is 3.25. The van der Waals surface area contributed by atoms with Gasteiger partial charge in [0, 0.05) is 5.41 Å². The summed E-state index contributed by atoms with van der Waals surface area (Å²) in [6.07, 6.45) is 1.32. The van der Waals surface area contributed by atoms with Gasteiger partial charge in [0.05, 0.1) is 24.2 Å². The Labute approximate surface area is 161 Å². The number of esters is 1. The SMILES string of the molecule is CCOC(=O)c1cn[nH]c1N=Nc1c(C(C)(C)C)[nH]n(-c2ccccc2)c1=O. The molecule has 0 amide bonds. The summed E-state index contributed by atoms with van der Waals surface area (Å²) in [4.78, 5) is 24.9. The number of nitrogens with one attached hydrogen (secondary N) is 2. The van der Waals surface area contributed by atoms with E-state index in [0.29, 0.717) is 11.4 Å². The molecule has 9 nitrogen and oxygen atoms in total. The van der Waals surface area contributed by atoms with E-state index in [9.17, 15) is 9.59 Å². The van der Waals surface area contributed by atoms with E-state index in [4.69, 9.17) is 4.74 Å². The maximum atomic E-state index is 13.0. The second kappa shape index (κ2) is 7.63. The van der Waals surface area contributed by atoms with Crippen LogP contribution in [0.2, 0.25) is 0 Å². The zero-order chi connectivity index (χ0) is 20.3. The molecule has 0 aliphatic rings. The molecular weight excluding hydrogens is 360 g/mol. The average molecular weight is 382 g/mol. The lowest BCUT2D eigenvalue weighted by Gasteiger charge is -2.16. The van der Waals surface area contributed by atoms with E-state index in [1.54, 1.807) is 6.92 Å². The first-order valence-corrected chi connectivity index (χ1v) is 8.86. The smallest absolute Gasteiger partial charge is 0.343 e. The Bertz CT molecular complexity index is 1050. The summed E-state index contributed by atoms with van der Waals surface area (Å²) in [5.74, 6) is -0.429. The van der Waals surface area contributed by atoms with E-state index in [1.165, 1.54) is 10.9 Å². The van der Waals surface area contributed by atoms with Crippen molar-refractivity contribution in [2.24, 2.45) is 10.2 Å². The van der Waals surface area contributed by atoms with Gasteiger partial charge in [-0.1, -0.05) is 39.0 Å². The normalized spacial score (nSPS) is 11.9. The van der Waals surface area contributed by atoms with Crippen LogP contribution in [-0.2, 0) is 10.2 Å². The number of azo groups is 1. The molecule has 146 valence electrons. The number of para-hydroxylation sites is 1. The number of rotatable bonds is 5. The summed E-state index contributed by atoms with van der Waals surface area (Å²) in [6.45, 7) is 7.83. The van der Waals surface area contributed by atoms with Crippen molar-refractivity contribution in [3.05, 3.63) is 58.1 Å². The number of aromatic nitrogens is 4. The molecule has 3 aromatic rings. The highest BCUT2D eigenvalue weighted by atomic mass is 16.5. The van der Waals surface area contributed by atoms with Crippen LogP contribution in [0.15, 0.2) is 51.6 Å². The van der Waals surface area contributed by atoms with E-state index in [2.05, 4.69) is 25.5 Å². The van der Waals surface area contributed by atoms with Crippen LogP contribution in [0, 0.1) is 0 Å². The van der Waals surface area contributed by atoms with Gasteiger partial charge in [-0.25, -0.2) is 9.48 Å². The molecule has 0 saturated heterocycles. The summed E-state index contributed by atoms with van der Waals surface area (Å²) in [7, 11) is 0. The van der Waals surface area contributed by atoms with Crippen molar-refractivity contribution in [3.8, 4) is 5.69 Å². The quantitative estimate of drug-likeness (QED) is 0.516. The molecule has 2 aromatic heterocycles. The van der Waals surface area contributed by atoms with Crippen LogP contribution in [0.5, 0.6) is 0 Å². The van der Waals surface area contributed by atoms with Crippen LogP contribution in [0.1, 0.15) is 43.7 Å². The van der Waals surface area contributed by atoms with E-state index >= 15 is 0 Å². The Morgan fingerprint density at radius 2 is 1.93 bits per heavy atom. The highest BCUT2D eigenvalue weighted by Gasteiger charge is 2.25. The number of H-pyrrole nitrogens is 2. The van der Waals surface area contributed by atoms with E-state index in [1.807, 2.05) is 51.1 Å². The molecule has 28 heavy (non-hydrogen) atoms. The molecule has 2 N–H and O–H groups in total. The third-order valence-corrected chi connectivity index (χ3v) is 4.00. The molecule has 9 heteroatoms. The lowest BCUT2D eigenvalue weighted by molar-refractivity contribution is 0.0527. The van der Waals surface area contributed by atoms with Gasteiger partial charge in [-0.15, -0.1) is 10.2 Å². The number of benzene rings is 1. The Hall–Kier alpha value is -3.49. The minimum atomic E-state index is -0.558. The summed E-state index contributed by atoms with van der Waals surface area (Å²) in [5, 5.41) is 17.7. The summed E-state index contributed by atoms with van der Waals surface area (Å²) < 4.78 is 6.39. The third-order valence-electron chi connectivity index (χ3n) is 4.00. The predicted molar refractivity (Wildman–Crippen MR) is 104 cm³/mol. The zero-order valence-corrected chi connectivity index (χ0v) is 16.2. The molecule has 0 unspecified atom stereocenters. The van der Waals surface area contributed by atoms with Crippen LogP contribution >= 0.6 is 0 Å². The molecule has 0 saturated carbocycles. The second-order valence-corrected chi connectivity index (χ2v) is 7.11. The number of hydrogen-bond acceptors (Lipinski definition) is 6. The summed E-state index contributed by atoms with van der Waals surface area (Å²) in [5.41, 5.74) is 0.918. The van der Waals surface area contributed by atoms with Gasteiger partial charge >= 0.3 is 5.97 Å². The third kappa shape index (κ3) is 3.78. The number of carbonyl (C=O) groups excluding carboxylic acids is 1. The number of hydrogen-bond donors (Lipinski definition) is 2. The standard InChI is InChI=1S/C19H22N6O3/c1-5-28-18(27)13-11-20-22-16(13)23-21-14-15(19(2,3)4)24-25(17(14)26)12-9-7-6-8-10-12/h6-11,24H,5H2,1-4H3,(H,20,22). The maximum Gasteiger partial charge on any atom is 0.343 e. The van der Waals surface area contributed by atoms with Crippen molar-refractivity contribution in [1.82, 2.24) is 20.0 Å². The van der Waals surface area contributed by atoms with E-state index in [-0.39, 0.29) is 34.6 Å². The lowest BCUT2D eigenvalue weighted by Crippen LogP contribution is -2.14. The van der Waals surface area contributed by atoms with Crippen LogP contribution in [0.3, 0.4) is 0 Å². The van der Waals surface area contributed by atoms with Gasteiger partial charge in [0.15, 0.2) is 11.5 Å². The first kappa shape index (κ1) is 19.3. The lowest BCUT2D eigenvalue weighted by atomic mass is 9.91. The van der Waals surface area contributed by atoms with Crippen molar-refractivity contribution < 1.29 is 9.53 Å². The van der Waals surface area contributed by atoms with Crippen LogP contribution < -0.4 is 5.56 Å².